The largest absolute Gasteiger partial charge is 0.384 e. The van der Waals surface area contributed by atoms with E-state index in [2.05, 4.69) is 28.5 Å². The van der Waals surface area contributed by atoms with Gasteiger partial charge in [-0.15, -0.1) is 0 Å². The number of methoxy groups -OCH3 is 2. The number of amides is 1. The zero-order valence-electron chi connectivity index (χ0n) is 22.0. The lowest BCUT2D eigenvalue weighted by Gasteiger charge is -2.40. The molecule has 0 radical (unpaired) electrons. The molecule has 1 aliphatic carbocycles. The summed E-state index contributed by atoms with van der Waals surface area (Å²) in [5, 5.41) is 8.32. The molecule has 8 heteroatoms. The molecule has 3 rings (SSSR count). The summed E-state index contributed by atoms with van der Waals surface area (Å²) in [4.78, 5) is 17.2. The number of nitrogens with one attached hydrogen (secondary N) is 1. The Labute approximate surface area is 205 Å². The van der Waals surface area contributed by atoms with Crippen LogP contribution in [0.4, 0.5) is 0 Å². The van der Waals surface area contributed by atoms with Gasteiger partial charge in [-0.1, -0.05) is 13.5 Å². The van der Waals surface area contributed by atoms with Crippen LogP contribution in [0.15, 0.2) is 12.2 Å². The van der Waals surface area contributed by atoms with E-state index in [1.807, 2.05) is 18.9 Å². The van der Waals surface area contributed by atoms with E-state index in [9.17, 15) is 4.79 Å². The molecule has 1 N–H and O–H groups in total. The highest BCUT2D eigenvalue weighted by molar-refractivity contribution is 5.92. The van der Waals surface area contributed by atoms with E-state index in [0.717, 1.165) is 65.1 Å². The van der Waals surface area contributed by atoms with Gasteiger partial charge >= 0.3 is 0 Å². The lowest BCUT2D eigenvalue weighted by atomic mass is 9.69. The lowest BCUT2D eigenvalue weighted by molar-refractivity contribution is -0.128. The van der Waals surface area contributed by atoms with Gasteiger partial charge < -0.3 is 19.7 Å². The van der Waals surface area contributed by atoms with E-state index in [4.69, 9.17) is 14.6 Å². The number of hydrogen-bond donors (Lipinski definition) is 1. The smallest absolute Gasteiger partial charge is 0.249 e. The van der Waals surface area contributed by atoms with Crippen LogP contribution >= 0.6 is 0 Å². The molecule has 0 unspecified atom stereocenters. The average molecular weight is 476 g/mol. The number of ether oxygens (including phenoxy) is 2. The van der Waals surface area contributed by atoms with E-state index >= 15 is 0 Å². The molecule has 0 spiro atoms. The molecule has 1 saturated carbocycles. The van der Waals surface area contributed by atoms with E-state index < -0.39 is 0 Å². The maximum Gasteiger partial charge on any atom is 0.249 e. The van der Waals surface area contributed by atoms with Gasteiger partial charge in [0.2, 0.25) is 5.91 Å². The first-order valence-corrected chi connectivity index (χ1v) is 12.7. The summed E-state index contributed by atoms with van der Waals surface area (Å²) in [6.07, 6.45) is 5.03. The second-order valence-electron chi connectivity index (χ2n) is 10.2. The number of likely N-dealkylation sites (N-methyl/N-ethyl adjacent to an activating group) is 2. The topological polar surface area (TPSA) is 71.9 Å². The monoisotopic (exact) mass is 475 g/mol. The summed E-state index contributed by atoms with van der Waals surface area (Å²) in [5.74, 6) is 0.527. The van der Waals surface area contributed by atoms with Crippen LogP contribution in [0.1, 0.15) is 61.9 Å². The first-order chi connectivity index (χ1) is 16.4. The van der Waals surface area contributed by atoms with Gasteiger partial charge in [0.05, 0.1) is 37.7 Å². The number of carbonyl (C=O) groups excluding carboxylic acids is 1. The number of fused-ring (bicyclic) bond motifs is 1. The molecule has 1 amide bonds. The van der Waals surface area contributed by atoms with Crippen molar-refractivity contribution in [3.63, 3.8) is 0 Å². The Hall–Kier alpha value is -1.74. The highest BCUT2D eigenvalue weighted by Crippen LogP contribution is 2.45. The zero-order chi connectivity index (χ0) is 24.7. The molecule has 1 fully saturated rings. The number of carbonyl (C=O) groups is 1. The molecule has 192 valence electrons. The van der Waals surface area contributed by atoms with Crippen LogP contribution in [0.3, 0.4) is 0 Å². The highest BCUT2D eigenvalue weighted by atomic mass is 16.5. The molecule has 0 aromatic carbocycles. The van der Waals surface area contributed by atoms with Gasteiger partial charge in [0.1, 0.15) is 0 Å². The van der Waals surface area contributed by atoms with E-state index in [1.54, 1.807) is 14.2 Å². The minimum absolute atomic E-state index is 0.0800. The molecular formula is C26H45N5O3. The predicted octanol–water partition coefficient (Wildman–Crippen LogP) is 2.78. The summed E-state index contributed by atoms with van der Waals surface area (Å²) in [7, 11) is 7.71. The van der Waals surface area contributed by atoms with Crippen molar-refractivity contribution >= 4 is 5.91 Å². The Bertz CT molecular complexity index is 821. The number of rotatable bonds is 12. The normalized spacial score (nSPS) is 18.4. The SMILES string of the molecule is C=C(CC)C(=O)N1CCn2nc(CN(C)CCNC)c(C3CCC(COC)(COC)CC3)c2C1. The Morgan fingerprint density at radius 3 is 2.50 bits per heavy atom. The zero-order valence-corrected chi connectivity index (χ0v) is 22.0. The highest BCUT2D eigenvalue weighted by Gasteiger charge is 2.39. The van der Waals surface area contributed by atoms with Gasteiger partial charge in [0.15, 0.2) is 0 Å². The molecule has 2 heterocycles. The predicted molar refractivity (Wildman–Crippen MR) is 135 cm³/mol. The quantitative estimate of drug-likeness (QED) is 0.469. The molecule has 34 heavy (non-hydrogen) atoms. The first-order valence-electron chi connectivity index (χ1n) is 12.7. The van der Waals surface area contributed by atoms with Crippen molar-refractivity contribution in [3.8, 4) is 0 Å². The van der Waals surface area contributed by atoms with Crippen LogP contribution in [0, 0.1) is 5.41 Å². The first kappa shape index (κ1) is 26.9. The maximum absolute atomic E-state index is 12.9. The van der Waals surface area contributed by atoms with Gasteiger partial charge in [-0.3, -0.25) is 14.4 Å². The summed E-state index contributed by atoms with van der Waals surface area (Å²) in [5.41, 5.74) is 4.55. The Balaban J connectivity index is 1.87. The van der Waals surface area contributed by atoms with Crippen LogP contribution in [0.2, 0.25) is 0 Å². The third-order valence-electron chi connectivity index (χ3n) is 7.63. The van der Waals surface area contributed by atoms with Crippen molar-refractivity contribution < 1.29 is 14.3 Å². The molecular weight excluding hydrogens is 430 g/mol. The standard InChI is InChI=1S/C26H45N5O3/c1-7-20(2)25(32)30-14-15-31-23(17-30)24(22(28-31)16-29(4)13-12-27-3)21-8-10-26(11-9-21,18-33-5)19-34-6/h21,27H,2,7-19H2,1,3-6H3. The minimum Gasteiger partial charge on any atom is -0.384 e. The van der Waals surface area contributed by atoms with Crippen molar-refractivity contribution in [1.82, 2.24) is 24.9 Å². The fourth-order valence-electron chi connectivity index (χ4n) is 5.63. The second-order valence-corrected chi connectivity index (χ2v) is 10.2. The van der Waals surface area contributed by atoms with Crippen molar-refractivity contribution in [2.75, 3.05) is 61.2 Å². The molecule has 8 nitrogen and oxygen atoms in total. The maximum atomic E-state index is 12.9. The molecule has 0 bridgehead atoms. The van der Waals surface area contributed by atoms with E-state index in [-0.39, 0.29) is 11.3 Å². The molecule has 1 aromatic heterocycles. The average Bonchev–Trinajstić information content (AvgIpc) is 3.19. The fourth-order valence-corrected chi connectivity index (χ4v) is 5.63. The fraction of sp³-hybridized carbons (Fsp3) is 0.769. The molecule has 2 aliphatic rings. The van der Waals surface area contributed by atoms with Crippen molar-refractivity contribution in [2.45, 2.75) is 64.6 Å². The van der Waals surface area contributed by atoms with Gasteiger partial charge in [-0.2, -0.15) is 5.10 Å². The third-order valence-corrected chi connectivity index (χ3v) is 7.63. The lowest BCUT2D eigenvalue weighted by Crippen LogP contribution is -2.39. The molecule has 0 saturated heterocycles. The van der Waals surface area contributed by atoms with Gasteiger partial charge in [-0.05, 0) is 52.1 Å². The minimum atomic E-state index is 0.0800. The van der Waals surface area contributed by atoms with Crippen LogP contribution in [0.25, 0.3) is 0 Å². The summed E-state index contributed by atoms with van der Waals surface area (Å²) in [6, 6.07) is 0. The Morgan fingerprint density at radius 1 is 1.24 bits per heavy atom. The van der Waals surface area contributed by atoms with E-state index in [0.29, 0.717) is 31.0 Å². The van der Waals surface area contributed by atoms with E-state index in [1.165, 1.54) is 17.0 Å². The van der Waals surface area contributed by atoms with Gasteiger partial charge in [0.25, 0.3) is 0 Å². The van der Waals surface area contributed by atoms with Crippen LogP contribution in [-0.4, -0.2) is 86.7 Å². The van der Waals surface area contributed by atoms with Crippen molar-refractivity contribution in [2.24, 2.45) is 5.41 Å². The van der Waals surface area contributed by atoms with Crippen molar-refractivity contribution in [1.29, 1.82) is 0 Å². The number of aromatic nitrogens is 2. The molecule has 1 aliphatic heterocycles. The number of hydrogen-bond acceptors (Lipinski definition) is 6. The summed E-state index contributed by atoms with van der Waals surface area (Å²) < 4.78 is 13.3. The number of nitrogens with zero attached hydrogens (tertiary/aromatic N) is 4. The molecule has 0 atom stereocenters. The third kappa shape index (κ3) is 6.08. The molecule has 1 aromatic rings. The van der Waals surface area contributed by atoms with Crippen LogP contribution in [-0.2, 0) is 33.9 Å². The Morgan fingerprint density at radius 2 is 1.91 bits per heavy atom. The van der Waals surface area contributed by atoms with Gasteiger partial charge in [0, 0.05) is 57.0 Å². The van der Waals surface area contributed by atoms with Gasteiger partial charge in [-0.25, -0.2) is 0 Å². The van der Waals surface area contributed by atoms with Crippen molar-refractivity contribution in [3.05, 3.63) is 29.1 Å². The summed E-state index contributed by atoms with van der Waals surface area (Å²) >= 11 is 0. The van der Waals surface area contributed by atoms with Crippen LogP contribution < -0.4 is 5.32 Å². The second kappa shape index (κ2) is 12.3. The van der Waals surface area contributed by atoms with Crippen LogP contribution in [0.5, 0.6) is 0 Å². The summed E-state index contributed by atoms with van der Waals surface area (Å²) in [6.45, 7) is 12.3. The Kier molecular flexibility index (Phi) is 9.71.